The van der Waals surface area contributed by atoms with Crippen LogP contribution in [0.15, 0.2) is 24.3 Å². The van der Waals surface area contributed by atoms with Gasteiger partial charge in [0.05, 0.1) is 13.2 Å². The molecule has 0 spiro atoms. The fourth-order valence-electron chi connectivity index (χ4n) is 1.25. The molecule has 0 fully saturated rings. The maximum absolute atomic E-state index is 8.79. The zero-order valence-electron chi connectivity index (χ0n) is 9.00. The number of hydrogen-bond donors (Lipinski definition) is 3. The smallest absolute Gasteiger partial charge is 0.119 e. The minimum atomic E-state index is -0.214. The lowest BCUT2D eigenvalue weighted by atomic mass is 10.1. The highest BCUT2D eigenvalue weighted by Crippen LogP contribution is 2.12. The Morgan fingerprint density at radius 2 is 1.81 bits per heavy atom. The molecule has 0 radical (unpaired) electrons. The van der Waals surface area contributed by atoms with Crippen molar-refractivity contribution in [3.8, 4) is 5.75 Å². The molecule has 16 heavy (non-hydrogen) atoms. The van der Waals surface area contributed by atoms with Crippen molar-refractivity contribution in [2.24, 2.45) is 5.73 Å². The molecule has 1 aromatic rings. The van der Waals surface area contributed by atoms with Crippen LogP contribution < -0.4 is 10.5 Å². The molecule has 0 heterocycles. The Morgan fingerprint density at radius 3 is 2.31 bits per heavy atom. The Bertz CT molecular complexity index is 279. The van der Waals surface area contributed by atoms with E-state index >= 15 is 0 Å². The molecule has 0 amide bonds. The normalized spacial score (nSPS) is 11.7. The van der Waals surface area contributed by atoms with Crippen molar-refractivity contribution in [3.63, 3.8) is 0 Å². The highest BCUT2D eigenvalue weighted by Gasteiger charge is 2.02. The first kappa shape index (κ1) is 15.2. The monoisotopic (exact) mass is 247 g/mol. The van der Waals surface area contributed by atoms with E-state index in [4.69, 9.17) is 20.7 Å². The third-order valence-corrected chi connectivity index (χ3v) is 2.02. The molecule has 0 aliphatic rings. The number of halogens is 1. The minimum absolute atomic E-state index is 0. The predicted octanol–water partition coefficient (Wildman–Crippen LogP) is 0.342. The number of aliphatic hydroxyl groups is 2. The van der Waals surface area contributed by atoms with Crippen LogP contribution in [0.1, 0.15) is 5.56 Å². The lowest BCUT2D eigenvalue weighted by molar-refractivity contribution is 0.201. The summed E-state index contributed by atoms with van der Waals surface area (Å²) in [6.45, 7) is 0.301. The molecule has 5 heteroatoms. The van der Waals surface area contributed by atoms with E-state index in [9.17, 15) is 0 Å². The van der Waals surface area contributed by atoms with Crippen LogP contribution in [-0.2, 0) is 6.42 Å². The van der Waals surface area contributed by atoms with E-state index < -0.39 is 0 Å². The first-order chi connectivity index (χ1) is 7.26. The molecular weight excluding hydrogens is 230 g/mol. The lowest BCUT2D eigenvalue weighted by Crippen LogP contribution is -2.26. The molecule has 0 aliphatic carbocycles. The van der Waals surface area contributed by atoms with E-state index in [1.807, 2.05) is 24.3 Å². The van der Waals surface area contributed by atoms with Crippen LogP contribution in [0, 0.1) is 0 Å². The van der Waals surface area contributed by atoms with Crippen LogP contribution in [0.3, 0.4) is 0 Å². The van der Waals surface area contributed by atoms with Gasteiger partial charge in [-0.05, 0) is 24.1 Å². The van der Waals surface area contributed by atoms with Crippen LogP contribution in [0.5, 0.6) is 5.75 Å². The van der Waals surface area contributed by atoms with Gasteiger partial charge in [0.15, 0.2) is 0 Å². The summed E-state index contributed by atoms with van der Waals surface area (Å²) in [5.41, 5.74) is 6.67. The average Bonchev–Trinajstić information content (AvgIpc) is 2.28. The highest BCUT2D eigenvalue weighted by atomic mass is 35.5. The van der Waals surface area contributed by atoms with Gasteiger partial charge in [-0.2, -0.15) is 0 Å². The van der Waals surface area contributed by atoms with Gasteiger partial charge in [0, 0.05) is 6.04 Å². The quantitative estimate of drug-likeness (QED) is 0.678. The van der Waals surface area contributed by atoms with Crippen molar-refractivity contribution in [2.75, 3.05) is 19.8 Å². The van der Waals surface area contributed by atoms with Gasteiger partial charge < -0.3 is 20.7 Å². The molecular formula is C11H18ClNO3. The Kier molecular flexibility index (Phi) is 7.93. The molecule has 1 atom stereocenters. The third kappa shape index (κ3) is 5.32. The van der Waals surface area contributed by atoms with Crippen molar-refractivity contribution in [2.45, 2.75) is 12.5 Å². The van der Waals surface area contributed by atoms with E-state index in [2.05, 4.69) is 0 Å². The summed E-state index contributed by atoms with van der Waals surface area (Å²) in [7, 11) is 0. The summed E-state index contributed by atoms with van der Waals surface area (Å²) in [6, 6.07) is 7.25. The van der Waals surface area contributed by atoms with Crippen molar-refractivity contribution in [1.82, 2.24) is 0 Å². The maximum atomic E-state index is 8.79. The van der Waals surface area contributed by atoms with Crippen molar-refractivity contribution in [3.05, 3.63) is 29.8 Å². The largest absolute Gasteiger partial charge is 0.491 e. The second-order valence-electron chi connectivity index (χ2n) is 3.36. The van der Waals surface area contributed by atoms with Gasteiger partial charge >= 0.3 is 0 Å². The summed E-state index contributed by atoms with van der Waals surface area (Å²) in [5, 5.41) is 17.4. The van der Waals surface area contributed by atoms with Gasteiger partial charge in [-0.3, -0.25) is 0 Å². The van der Waals surface area contributed by atoms with Gasteiger partial charge in [0.1, 0.15) is 12.4 Å². The van der Waals surface area contributed by atoms with Crippen LogP contribution >= 0.6 is 12.4 Å². The van der Waals surface area contributed by atoms with Crippen molar-refractivity contribution in [1.29, 1.82) is 0 Å². The first-order valence-corrected chi connectivity index (χ1v) is 4.95. The summed E-state index contributed by atoms with van der Waals surface area (Å²) < 4.78 is 5.21. The van der Waals surface area contributed by atoms with Gasteiger partial charge in [0.25, 0.3) is 0 Å². The number of aliphatic hydroxyl groups excluding tert-OH is 2. The molecule has 4 N–H and O–H groups in total. The SMILES string of the molecule is Cl.NC(CO)Cc1ccc(OCCO)cc1. The summed E-state index contributed by atoms with van der Waals surface area (Å²) >= 11 is 0. The van der Waals surface area contributed by atoms with Crippen LogP contribution in [-0.4, -0.2) is 36.1 Å². The number of benzene rings is 1. The molecule has 1 unspecified atom stereocenters. The second-order valence-corrected chi connectivity index (χ2v) is 3.36. The molecule has 0 aromatic heterocycles. The maximum Gasteiger partial charge on any atom is 0.119 e. The number of ether oxygens (including phenoxy) is 1. The molecule has 1 aromatic carbocycles. The molecule has 0 saturated heterocycles. The fourth-order valence-corrected chi connectivity index (χ4v) is 1.25. The fraction of sp³-hybridized carbons (Fsp3) is 0.455. The van der Waals surface area contributed by atoms with Crippen molar-refractivity contribution < 1.29 is 14.9 Å². The van der Waals surface area contributed by atoms with E-state index in [-0.39, 0.29) is 31.7 Å². The molecule has 0 aliphatic heterocycles. The predicted molar refractivity (Wildman–Crippen MR) is 65.0 cm³/mol. The van der Waals surface area contributed by atoms with Gasteiger partial charge in [-0.15, -0.1) is 12.4 Å². The number of nitrogens with two attached hydrogens (primary N) is 1. The Labute approximate surface area is 101 Å². The lowest BCUT2D eigenvalue weighted by Gasteiger charge is -2.09. The summed E-state index contributed by atoms with van der Waals surface area (Å²) in [4.78, 5) is 0. The Hall–Kier alpha value is -0.810. The average molecular weight is 248 g/mol. The molecule has 92 valence electrons. The van der Waals surface area contributed by atoms with Crippen LogP contribution in [0.4, 0.5) is 0 Å². The van der Waals surface area contributed by atoms with Crippen molar-refractivity contribution >= 4 is 12.4 Å². The minimum Gasteiger partial charge on any atom is -0.491 e. The number of rotatable bonds is 6. The second kappa shape index (κ2) is 8.35. The van der Waals surface area contributed by atoms with Gasteiger partial charge in [0.2, 0.25) is 0 Å². The van der Waals surface area contributed by atoms with E-state index in [0.29, 0.717) is 13.0 Å². The van der Waals surface area contributed by atoms with Gasteiger partial charge in [-0.1, -0.05) is 12.1 Å². The van der Waals surface area contributed by atoms with Crippen LogP contribution in [0.25, 0.3) is 0 Å². The third-order valence-electron chi connectivity index (χ3n) is 2.02. The van der Waals surface area contributed by atoms with E-state index in [1.165, 1.54) is 0 Å². The number of hydrogen-bond acceptors (Lipinski definition) is 4. The molecule has 0 bridgehead atoms. The standard InChI is InChI=1S/C11H17NO3.ClH/c12-10(8-14)7-9-1-3-11(4-2-9)15-6-5-13;/h1-4,10,13-14H,5-8,12H2;1H. The highest BCUT2D eigenvalue weighted by molar-refractivity contribution is 5.85. The molecule has 1 rings (SSSR count). The van der Waals surface area contributed by atoms with E-state index in [0.717, 1.165) is 11.3 Å². The Morgan fingerprint density at radius 1 is 1.19 bits per heavy atom. The van der Waals surface area contributed by atoms with Gasteiger partial charge in [-0.25, -0.2) is 0 Å². The molecule has 0 saturated carbocycles. The zero-order chi connectivity index (χ0) is 11.1. The first-order valence-electron chi connectivity index (χ1n) is 4.95. The summed E-state index contributed by atoms with van der Waals surface area (Å²) in [6.07, 6.45) is 0.650. The van der Waals surface area contributed by atoms with E-state index in [1.54, 1.807) is 0 Å². The topological polar surface area (TPSA) is 75.7 Å². The van der Waals surface area contributed by atoms with Crippen LogP contribution in [0.2, 0.25) is 0 Å². The zero-order valence-corrected chi connectivity index (χ0v) is 9.82. The summed E-state index contributed by atoms with van der Waals surface area (Å²) in [5.74, 6) is 0.727. The molecule has 4 nitrogen and oxygen atoms in total. The Balaban J connectivity index is 0.00000225.